The van der Waals surface area contributed by atoms with Gasteiger partial charge in [0.25, 0.3) is 11.5 Å². The molecule has 0 fully saturated rings. The number of carbonyl (C=O) groups is 2. The van der Waals surface area contributed by atoms with Crippen LogP contribution >= 0.6 is 11.3 Å². The van der Waals surface area contributed by atoms with Crippen LogP contribution in [0.5, 0.6) is 0 Å². The number of ether oxygens (including phenoxy) is 1. The number of hydrogen-bond acceptors (Lipinski definition) is 6. The predicted molar refractivity (Wildman–Crippen MR) is 110 cm³/mol. The van der Waals surface area contributed by atoms with Gasteiger partial charge < -0.3 is 10.1 Å². The second-order valence-electron chi connectivity index (χ2n) is 5.72. The molecule has 0 aliphatic carbocycles. The van der Waals surface area contributed by atoms with Gasteiger partial charge >= 0.3 is 5.97 Å². The summed E-state index contributed by atoms with van der Waals surface area (Å²) in [6.45, 7) is 0. The lowest BCUT2D eigenvalue weighted by Gasteiger charge is -2.05. The number of thiazole rings is 1. The Morgan fingerprint density at radius 1 is 1.10 bits per heavy atom. The molecule has 0 bridgehead atoms. The van der Waals surface area contributed by atoms with Gasteiger partial charge in [0.15, 0.2) is 5.57 Å². The van der Waals surface area contributed by atoms with Crippen LogP contribution in [0.15, 0.2) is 65.5 Å². The van der Waals surface area contributed by atoms with E-state index in [0.717, 1.165) is 17.4 Å². The van der Waals surface area contributed by atoms with E-state index < -0.39 is 17.4 Å². The van der Waals surface area contributed by atoms with Gasteiger partial charge in [-0.2, -0.15) is 5.26 Å². The van der Waals surface area contributed by atoms with Gasteiger partial charge in [0.1, 0.15) is 15.3 Å². The van der Waals surface area contributed by atoms with Gasteiger partial charge in [0, 0.05) is 11.8 Å². The first kappa shape index (κ1) is 19.8. The Labute approximate surface area is 169 Å². The quantitative estimate of drug-likeness (QED) is 0.657. The summed E-state index contributed by atoms with van der Waals surface area (Å²) >= 11 is 0.870. The van der Waals surface area contributed by atoms with Crippen LogP contribution in [0.3, 0.4) is 0 Å². The summed E-state index contributed by atoms with van der Waals surface area (Å²) in [4.78, 5) is 37.3. The molecule has 0 unspecified atom stereocenters. The molecule has 1 heterocycles. The van der Waals surface area contributed by atoms with Crippen molar-refractivity contribution in [1.82, 2.24) is 4.57 Å². The van der Waals surface area contributed by atoms with Crippen LogP contribution in [0.1, 0.15) is 0 Å². The summed E-state index contributed by atoms with van der Waals surface area (Å²) < 4.78 is 6.00. The second-order valence-corrected chi connectivity index (χ2v) is 6.75. The number of benzene rings is 2. The topological polar surface area (TPSA) is 101 Å². The molecule has 3 rings (SSSR count). The zero-order valence-electron chi connectivity index (χ0n) is 15.3. The maximum Gasteiger partial charge on any atom is 0.332 e. The Bertz CT molecular complexity index is 1270. The molecule has 1 aromatic heterocycles. The summed E-state index contributed by atoms with van der Waals surface area (Å²) in [5.41, 5.74) is 0.205. The molecule has 0 spiro atoms. The lowest BCUT2D eigenvalue weighted by atomic mass is 10.2. The normalized spacial score (nSPS) is 12.1. The van der Waals surface area contributed by atoms with E-state index in [0.29, 0.717) is 11.4 Å². The van der Waals surface area contributed by atoms with Crippen molar-refractivity contribution in [3.8, 4) is 11.8 Å². The fraction of sp³-hybridized carbons (Fsp3) is 0.0476. The van der Waals surface area contributed by atoms with Crippen molar-refractivity contribution in [2.45, 2.75) is 0 Å². The summed E-state index contributed by atoms with van der Waals surface area (Å²) in [5, 5.41) is 12.3. The minimum Gasteiger partial charge on any atom is -0.466 e. The summed E-state index contributed by atoms with van der Waals surface area (Å²) in [5.74, 6) is -1.36. The van der Waals surface area contributed by atoms with Crippen LogP contribution in [0, 0.1) is 11.3 Å². The highest BCUT2D eigenvalue weighted by Crippen LogP contribution is 2.08. The van der Waals surface area contributed by atoms with E-state index in [4.69, 9.17) is 0 Å². The zero-order chi connectivity index (χ0) is 20.8. The monoisotopic (exact) mass is 405 g/mol. The Balaban J connectivity index is 2.28. The standard InChI is InChI=1S/C21H15N3O4S/c1-28-18(25)12-17-20(27)24(15-10-6-3-7-11-15)21(29-17)16(13-22)19(26)23-14-8-4-2-5-9-14/h2-12H,1H3,(H,23,26)/b17-12+,21-16-. The molecule has 8 heteroatoms. The smallest absolute Gasteiger partial charge is 0.332 e. The van der Waals surface area contributed by atoms with Crippen molar-refractivity contribution < 1.29 is 14.3 Å². The first-order valence-corrected chi connectivity index (χ1v) is 9.24. The van der Waals surface area contributed by atoms with Gasteiger partial charge in [0.2, 0.25) is 0 Å². The number of para-hydroxylation sites is 2. The third-order valence-corrected chi connectivity index (χ3v) is 4.96. The number of rotatable bonds is 4. The summed E-state index contributed by atoms with van der Waals surface area (Å²) in [7, 11) is 1.20. The number of nitrogens with zero attached hydrogens (tertiary/aromatic N) is 2. The van der Waals surface area contributed by atoms with E-state index in [2.05, 4.69) is 10.1 Å². The Kier molecular flexibility index (Phi) is 6.02. The number of amides is 1. The van der Waals surface area contributed by atoms with E-state index in [1.165, 1.54) is 11.7 Å². The molecule has 7 nitrogen and oxygen atoms in total. The molecule has 2 aromatic carbocycles. The van der Waals surface area contributed by atoms with E-state index in [1.54, 1.807) is 60.7 Å². The number of esters is 1. The molecule has 3 aromatic rings. The molecule has 29 heavy (non-hydrogen) atoms. The number of nitrogens with one attached hydrogen (secondary N) is 1. The Morgan fingerprint density at radius 2 is 1.72 bits per heavy atom. The van der Waals surface area contributed by atoms with Crippen LogP contribution in [0.2, 0.25) is 0 Å². The molecule has 0 saturated carbocycles. The van der Waals surface area contributed by atoms with Gasteiger partial charge in [-0.1, -0.05) is 36.4 Å². The van der Waals surface area contributed by atoms with Gasteiger partial charge in [-0.15, -0.1) is 11.3 Å². The lowest BCUT2D eigenvalue weighted by Crippen LogP contribution is -2.32. The largest absolute Gasteiger partial charge is 0.466 e. The summed E-state index contributed by atoms with van der Waals surface area (Å²) in [6.07, 6.45) is 1.04. The van der Waals surface area contributed by atoms with Crippen molar-refractivity contribution in [2.24, 2.45) is 0 Å². The molecular weight excluding hydrogens is 390 g/mol. The molecule has 1 N–H and O–H groups in total. The van der Waals surface area contributed by atoms with Crippen molar-refractivity contribution in [3.63, 3.8) is 0 Å². The van der Waals surface area contributed by atoms with Crippen LogP contribution in [0.4, 0.5) is 5.69 Å². The van der Waals surface area contributed by atoms with Gasteiger partial charge in [-0.05, 0) is 24.3 Å². The number of nitriles is 1. The van der Waals surface area contributed by atoms with Gasteiger partial charge in [0.05, 0.1) is 12.8 Å². The number of hydrogen-bond donors (Lipinski definition) is 1. The maximum absolute atomic E-state index is 12.9. The van der Waals surface area contributed by atoms with E-state index in [1.807, 2.05) is 6.07 Å². The minimum absolute atomic E-state index is 0.0518. The highest BCUT2D eigenvalue weighted by molar-refractivity contribution is 7.07. The van der Waals surface area contributed by atoms with Crippen LogP contribution in [-0.2, 0) is 14.3 Å². The molecule has 144 valence electrons. The molecule has 1 amide bonds. The predicted octanol–water partition coefficient (Wildman–Crippen LogP) is 1.17. The van der Waals surface area contributed by atoms with Crippen molar-refractivity contribution in [1.29, 1.82) is 5.26 Å². The van der Waals surface area contributed by atoms with Crippen LogP contribution < -0.4 is 20.1 Å². The fourth-order valence-corrected chi connectivity index (χ4v) is 3.60. The SMILES string of the molecule is COC(=O)/C=c1/s/c(=C(/C#N)C(=O)Nc2ccccc2)n(-c2ccccc2)c1=O. The van der Waals surface area contributed by atoms with Crippen LogP contribution in [0.25, 0.3) is 17.3 Å². The van der Waals surface area contributed by atoms with Crippen molar-refractivity contribution in [3.05, 3.63) is 80.2 Å². The first-order chi connectivity index (χ1) is 14.0. The molecule has 0 saturated heterocycles. The minimum atomic E-state index is -0.706. The van der Waals surface area contributed by atoms with Crippen molar-refractivity contribution in [2.75, 3.05) is 12.4 Å². The maximum atomic E-state index is 12.9. The molecule has 0 radical (unpaired) electrons. The van der Waals surface area contributed by atoms with E-state index in [-0.39, 0.29) is 14.8 Å². The number of methoxy groups -OCH3 is 1. The van der Waals surface area contributed by atoms with Crippen LogP contribution in [-0.4, -0.2) is 23.6 Å². The third kappa shape index (κ3) is 4.31. The average Bonchev–Trinajstić information content (AvgIpc) is 3.05. The Morgan fingerprint density at radius 3 is 2.31 bits per heavy atom. The number of carbonyl (C=O) groups excluding carboxylic acids is 2. The highest BCUT2D eigenvalue weighted by atomic mass is 32.1. The summed E-state index contributed by atoms with van der Waals surface area (Å²) in [6, 6.07) is 19.1. The highest BCUT2D eigenvalue weighted by Gasteiger charge is 2.17. The molecule has 0 aliphatic rings. The third-order valence-electron chi connectivity index (χ3n) is 3.87. The molecular formula is C21H15N3O4S. The fourth-order valence-electron chi connectivity index (χ4n) is 2.54. The molecule has 0 aliphatic heterocycles. The Hall–Kier alpha value is -3.96. The average molecular weight is 405 g/mol. The lowest BCUT2D eigenvalue weighted by molar-refractivity contribution is -0.133. The first-order valence-electron chi connectivity index (χ1n) is 8.43. The second kappa shape index (κ2) is 8.82. The van der Waals surface area contributed by atoms with Gasteiger partial charge in [-0.3, -0.25) is 14.2 Å². The van der Waals surface area contributed by atoms with Gasteiger partial charge in [-0.25, -0.2) is 4.79 Å². The van der Waals surface area contributed by atoms with E-state index in [9.17, 15) is 19.6 Å². The van der Waals surface area contributed by atoms with E-state index >= 15 is 0 Å². The number of anilines is 1. The van der Waals surface area contributed by atoms with Crippen molar-refractivity contribution >= 4 is 40.5 Å². The molecule has 0 atom stereocenters. The zero-order valence-corrected chi connectivity index (χ0v) is 16.1. The number of aromatic nitrogens is 1.